The molecular formula is C4H3NS2. The number of rotatable bonds is 1. The van der Waals surface area contributed by atoms with Crippen LogP contribution in [0.25, 0.3) is 0 Å². The predicted octanol–water partition coefficient (Wildman–Crippen LogP) is 1.47. The van der Waals surface area contributed by atoms with Gasteiger partial charge in [-0.25, -0.2) is 0 Å². The van der Waals surface area contributed by atoms with Gasteiger partial charge in [-0.05, 0) is 6.26 Å². The van der Waals surface area contributed by atoms with Crippen LogP contribution in [-0.2, 0) is 0 Å². The Bertz CT molecular complexity index is 124. The van der Waals surface area contributed by atoms with Crippen LogP contribution in [0.1, 0.15) is 0 Å². The van der Waals surface area contributed by atoms with Crippen LogP contribution in [0, 0.1) is 11.6 Å². The van der Waals surface area contributed by atoms with Gasteiger partial charge in [0, 0.05) is 5.38 Å². The maximum absolute atomic E-state index is 3.84. The molecule has 1 rings (SSSR count). The molecule has 0 fully saturated rings. The Balaban J connectivity index is 2.76. The Labute approximate surface area is 50.8 Å². The summed E-state index contributed by atoms with van der Waals surface area (Å²) in [4.78, 5) is 3.84. The summed E-state index contributed by atoms with van der Waals surface area (Å²) in [5.74, 6) is 0. The molecule has 0 bridgehead atoms. The SMILES string of the molecule is CSc1nc#cs1. The Morgan fingerprint density at radius 1 is 1.86 bits per heavy atom. The second-order valence-electron chi connectivity index (χ2n) is 0.898. The fraction of sp³-hybridized carbons (Fsp3) is 0.250. The van der Waals surface area contributed by atoms with E-state index in [-0.39, 0.29) is 0 Å². The zero-order valence-corrected chi connectivity index (χ0v) is 5.40. The Hall–Kier alpha value is -0.200. The van der Waals surface area contributed by atoms with Crippen LogP contribution in [0.15, 0.2) is 4.34 Å². The molecule has 36 valence electrons. The molecular weight excluding hydrogens is 126 g/mol. The topological polar surface area (TPSA) is 12.9 Å². The summed E-state index contributed by atoms with van der Waals surface area (Å²) >= 11 is 3.11. The Morgan fingerprint density at radius 3 is 3.00 bits per heavy atom. The fourth-order valence-corrected chi connectivity index (χ4v) is 1.11. The molecule has 0 aliphatic carbocycles. The van der Waals surface area contributed by atoms with Crippen LogP contribution in [0.5, 0.6) is 0 Å². The quantitative estimate of drug-likeness (QED) is 0.532. The normalized spacial score (nSPS) is 8.14. The highest BCUT2D eigenvalue weighted by Crippen LogP contribution is 2.12. The standard InChI is InChI=1S/C4H3NS2/c1-6-4-5-2-3-7-4/h1H3. The maximum atomic E-state index is 3.84. The minimum absolute atomic E-state index is 1.03. The summed E-state index contributed by atoms with van der Waals surface area (Å²) in [5.41, 5.74) is 0. The number of nitrogens with zero attached hydrogens (tertiary/aromatic N) is 1. The van der Waals surface area contributed by atoms with Crippen molar-refractivity contribution in [2.75, 3.05) is 6.26 Å². The number of hydrogen-bond donors (Lipinski definition) is 0. The van der Waals surface area contributed by atoms with Crippen molar-refractivity contribution in [1.82, 2.24) is 4.98 Å². The third kappa shape index (κ3) is 1.08. The average molecular weight is 129 g/mol. The van der Waals surface area contributed by atoms with Gasteiger partial charge in [-0.2, -0.15) is 4.98 Å². The maximum Gasteiger partial charge on any atom is 0.168 e. The van der Waals surface area contributed by atoms with E-state index in [4.69, 9.17) is 0 Å². The molecule has 1 aromatic rings. The second-order valence-corrected chi connectivity index (χ2v) is 2.75. The van der Waals surface area contributed by atoms with Gasteiger partial charge in [0.05, 0.1) is 6.20 Å². The van der Waals surface area contributed by atoms with Crippen LogP contribution >= 0.6 is 23.1 Å². The predicted molar refractivity (Wildman–Crippen MR) is 31.6 cm³/mol. The molecule has 1 heterocycles. The molecule has 0 aromatic carbocycles. The lowest BCUT2D eigenvalue weighted by Gasteiger charge is -1.75. The lowest BCUT2D eigenvalue weighted by atomic mass is 11.2. The van der Waals surface area contributed by atoms with Crippen molar-refractivity contribution >= 4 is 23.1 Å². The summed E-state index contributed by atoms with van der Waals surface area (Å²) in [5, 5.41) is 2.77. The molecule has 0 aliphatic rings. The molecule has 0 amide bonds. The molecule has 1 nitrogen and oxygen atoms in total. The van der Waals surface area contributed by atoms with Crippen LogP contribution < -0.4 is 0 Å². The first kappa shape index (κ1) is 4.95. The summed E-state index contributed by atoms with van der Waals surface area (Å²) in [6, 6.07) is 0. The zero-order chi connectivity index (χ0) is 5.11. The van der Waals surface area contributed by atoms with Gasteiger partial charge in [0.2, 0.25) is 0 Å². The van der Waals surface area contributed by atoms with Gasteiger partial charge in [0.15, 0.2) is 4.34 Å². The Kier molecular flexibility index (Phi) is 1.55. The van der Waals surface area contributed by atoms with Gasteiger partial charge < -0.3 is 0 Å². The van der Waals surface area contributed by atoms with Crippen molar-refractivity contribution in [1.29, 1.82) is 0 Å². The monoisotopic (exact) mass is 129 g/mol. The number of aromatic nitrogens is 1. The van der Waals surface area contributed by atoms with Crippen molar-refractivity contribution in [2.24, 2.45) is 0 Å². The summed E-state index contributed by atoms with van der Waals surface area (Å²) in [6.45, 7) is 0. The van der Waals surface area contributed by atoms with Crippen LogP contribution in [0.4, 0.5) is 0 Å². The molecule has 0 N–H and O–H groups in total. The van der Waals surface area contributed by atoms with E-state index in [0.717, 1.165) is 4.34 Å². The minimum Gasteiger partial charge on any atom is -0.178 e. The van der Waals surface area contributed by atoms with E-state index in [1.54, 1.807) is 11.8 Å². The van der Waals surface area contributed by atoms with Gasteiger partial charge in [0.25, 0.3) is 0 Å². The van der Waals surface area contributed by atoms with E-state index < -0.39 is 0 Å². The molecule has 0 spiro atoms. The van der Waals surface area contributed by atoms with Crippen molar-refractivity contribution < 1.29 is 0 Å². The molecule has 0 unspecified atom stereocenters. The molecule has 3 heteroatoms. The minimum atomic E-state index is 1.03. The van der Waals surface area contributed by atoms with E-state index in [1.807, 2.05) is 6.26 Å². The number of hydrogen-bond acceptors (Lipinski definition) is 3. The molecule has 0 saturated carbocycles. The highest BCUT2D eigenvalue weighted by atomic mass is 32.2. The summed E-state index contributed by atoms with van der Waals surface area (Å²) in [7, 11) is 0. The van der Waals surface area contributed by atoms with E-state index in [0.29, 0.717) is 0 Å². The van der Waals surface area contributed by atoms with Crippen LogP contribution in [-0.4, -0.2) is 11.2 Å². The van der Waals surface area contributed by atoms with E-state index in [2.05, 4.69) is 16.6 Å². The second kappa shape index (κ2) is 2.20. The van der Waals surface area contributed by atoms with Crippen molar-refractivity contribution in [2.45, 2.75) is 4.34 Å². The first-order valence-electron chi connectivity index (χ1n) is 1.72. The van der Waals surface area contributed by atoms with Crippen LogP contribution in [0.2, 0.25) is 0 Å². The molecule has 1 aromatic heterocycles. The molecule has 0 aliphatic heterocycles. The van der Waals surface area contributed by atoms with Gasteiger partial charge in [0.1, 0.15) is 0 Å². The molecule has 0 atom stereocenters. The van der Waals surface area contributed by atoms with Gasteiger partial charge in [-0.3, -0.25) is 0 Å². The van der Waals surface area contributed by atoms with Gasteiger partial charge in [-0.1, -0.05) is 23.1 Å². The first-order valence-corrected chi connectivity index (χ1v) is 3.76. The average Bonchev–Trinajstić information content (AvgIpc) is 2.14. The fourth-order valence-electron chi connectivity index (χ4n) is 0.245. The smallest absolute Gasteiger partial charge is 0.168 e. The highest BCUT2D eigenvalue weighted by Gasteiger charge is 1.84. The van der Waals surface area contributed by atoms with E-state index in [1.165, 1.54) is 11.3 Å². The van der Waals surface area contributed by atoms with Crippen molar-refractivity contribution in [3.63, 3.8) is 0 Å². The van der Waals surface area contributed by atoms with E-state index in [9.17, 15) is 0 Å². The van der Waals surface area contributed by atoms with Gasteiger partial charge in [-0.15, -0.1) is 0 Å². The third-order valence-electron chi connectivity index (χ3n) is 0.506. The van der Waals surface area contributed by atoms with E-state index >= 15 is 0 Å². The summed E-state index contributed by atoms with van der Waals surface area (Å²) < 4.78 is 1.03. The molecule has 7 heavy (non-hydrogen) atoms. The van der Waals surface area contributed by atoms with Gasteiger partial charge >= 0.3 is 0 Å². The third-order valence-corrected chi connectivity index (χ3v) is 2.16. The van der Waals surface area contributed by atoms with Crippen LogP contribution in [0.3, 0.4) is 0 Å². The Morgan fingerprint density at radius 2 is 2.71 bits per heavy atom. The largest absolute Gasteiger partial charge is 0.178 e. The highest BCUT2D eigenvalue weighted by molar-refractivity contribution is 8.00. The first-order chi connectivity index (χ1) is 3.43. The molecule has 0 radical (unpaired) electrons. The van der Waals surface area contributed by atoms with Crippen molar-refractivity contribution in [3.05, 3.63) is 11.6 Å². The lowest BCUT2D eigenvalue weighted by Crippen LogP contribution is -1.57. The lowest BCUT2D eigenvalue weighted by molar-refractivity contribution is 1.26. The van der Waals surface area contributed by atoms with Crippen molar-refractivity contribution in [3.8, 4) is 0 Å². The zero-order valence-electron chi connectivity index (χ0n) is 3.76. The summed E-state index contributed by atoms with van der Waals surface area (Å²) in [6.07, 6.45) is 4.59. The molecule has 0 saturated heterocycles. The number of thioether (sulfide) groups is 1.